The highest BCUT2D eigenvalue weighted by atomic mass is 32.1. The fourth-order valence-corrected chi connectivity index (χ4v) is 1.76. The molecule has 1 aromatic carbocycles. The van der Waals surface area contributed by atoms with Crippen LogP contribution in [0.25, 0.3) is 0 Å². The van der Waals surface area contributed by atoms with Gasteiger partial charge in [0.15, 0.2) is 5.11 Å². The van der Waals surface area contributed by atoms with E-state index in [-0.39, 0.29) is 0 Å². The second kappa shape index (κ2) is 5.70. The van der Waals surface area contributed by atoms with Gasteiger partial charge in [-0.2, -0.15) is 0 Å². The number of benzene rings is 1. The van der Waals surface area contributed by atoms with Crippen molar-refractivity contribution in [1.82, 2.24) is 10.7 Å². The lowest BCUT2D eigenvalue weighted by Crippen LogP contribution is -2.41. The number of anilines is 1. The molecule has 0 bridgehead atoms. The van der Waals surface area contributed by atoms with Gasteiger partial charge in [-0.05, 0) is 63.2 Å². The Labute approximate surface area is 103 Å². The van der Waals surface area contributed by atoms with Crippen molar-refractivity contribution < 1.29 is 0 Å². The van der Waals surface area contributed by atoms with Gasteiger partial charge in [-0.25, -0.2) is 0 Å². The Morgan fingerprint density at radius 1 is 1.12 bits per heavy atom. The summed E-state index contributed by atoms with van der Waals surface area (Å²) in [4.78, 5) is 0. The van der Waals surface area contributed by atoms with Gasteiger partial charge in [0.25, 0.3) is 0 Å². The van der Waals surface area contributed by atoms with Gasteiger partial charge in [-0.1, -0.05) is 6.07 Å². The average Bonchev–Trinajstić information content (AvgIpc) is 2.12. The molecular weight excluding hydrogens is 218 g/mol. The van der Waals surface area contributed by atoms with E-state index in [2.05, 4.69) is 48.2 Å². The van der Waals surface area contributed by atoms with Crippen LogP contribution in [0.4, 0.5) is 5.69 Å². The highest BCUT2D eigenvalue weighted by Gasteiger charge is 1.98. The molecule has 16 heavy (non-hydrogen) atoms. The number of rotatable bonds is 3. The van der Waals surface area contributed by atoms with Gasteiger partial charge >= 0.3 is 0 Å². The van der Waals surface area contributed by atoms with E-state index < -0.39 is 0 Å². The molecule has 0 radical (unpaired) electrons. The summed E-state index contributed by atoms with van der Waals surface area (Å²) in [6.45, 7) is 8.24. The molecule has 3 N–H and O–H groups in total. The van der Waals surface area contributed by atoms with Crippen LogP contribution in [0.1, 0.15) is 25.0 Å². The Morgan fingerprint density at radius 3 is 2.19 bits per heavy atom. The van der Waals surface area contributed by atoms with Crippen molar-refractivity contribution in [3.8, 4) is 0 Å². The normalized spacial score (nSPS) is 10.1. The molecule has 0 aliphatic heterocycles. The van der Waals surface area contributed by atoms with Crippen molar-refractivity contribution in [3.63, 3.8) is 0 Å². The fourth-order valence-electron chi connectivity index (χ4n) is 1.47. The molecule has 0 fully saturated rings. The zero-order valence-electron chi connectivity index (χ0n) is 10.2. The third-order valence-corrected chi connectivity index (χ3v) is 2.18. The third kappa shape index (κ3) is 4.49. The number of aryl methyl sites for hydroxylation is 2. The molecular formula is C12H19N3S. The van der Waals surface area contributed by atoms with Crippen molar-refractivity contribution in [2.24, 2.45) is 0 Å². The van der Waals surface area contributed by atoms with Gasteiger partial charge in [0.05, 0.1) is 5.69 Å². The molecule has 0 aromatic heterocycles. The minimum absolute atomic E-state index is 0.334. The predicted octanol–water partition coefficient (Wildman–Crippen LogP) is 2.50. The molecule has 3 nitrogen and oxygen atoms in total. The van der Waals surface area contributed by atoms with Gasteiger partial charge in [-0.15, -0.1) is 0 Å². The Kier molecular flexibility index (Phi) is 4.55. The predicted molar refractivity (Wildman–Crippen MR) is 73.5 cm³/mol. The first-order chi connectivity index (χ1) is 7.47. The third-order valence-electron chi connectivity index (χ3n) is 1.96. The summed E-state index contributed by atoms with van der Waals surface area (Å²) in [7, 11) is 0. The van der Waals surface area contributed by atoms with Crippen LogP contribution in [0, 0.1) is 13.8 Å². The molecule has 0 unspecified atom stereocenters. The summed E-state index contributed by atoms with van der Waals surface area (Å²) in [5.74, 6) is 0. The Balaban J connectivity index is 2.51. The first kappa shape index (κ1) is 12.8. The molecule has 0 saturated carbocycles. The van der Waals surface area contributed by atoms with E-state index in [1.807, 2.05) is 13.8 Å². The second-order valence-electron chi connectivity index (χ2n) is 4.25. The van der Waals surface area contributed by atoms with E-state index in [1.54, 1.807) is 0 Å². The first-order valence-electron chi connectivity index (χ1n) is 5.38. The molecule has 88 valence electrons. The maximum atomic E-state index is 5.11. The van der Waals surface area contributed by atoms with Gasteiger partial charge in [0, 0.05) is 6.04 Å². The van der Waals surface area contributed by atoms with Crippen LogP contribution in [0.5, 0.6) is 0 Å². The Bertz CT molecular complexity index is 354. The zero-order chi connectivity index (χ0) is 12.1. The molecule has 0 heterocycles. The minimum Gasteiger partial charge on any atom is -0.359 e. The molecule has 1 aromatic rings. The second-order valence-corrected chi connectivity index (χ2v) is 4.66. The monoisotopic (exact) mass is 237 g/mol. The lowest BCUT2D eigenvalue weighted by atomic mass is 10.1. The van der Waals surface area contributed by atoms with Crippen LogP contribution in [0.2, 0.25) is 0 Å². The van der Waals surface area contributed by atoms with Gasteiger partial charge < -0.3 is 5.32 Å². The standard InChI is InChI=1S/C12H19N3S/c1-8(2)13-12(16)15-14-11-6-9(3)5-10(4)7-11/h5-8,14H,1-4H3,(H2,13,15,16). The number of hydrogen-bond acceptors (Lipinski definition) is 2. The molecule has 0 saturated heterocycles. The Morgan fingerprint density at radius 2 is 1.69 bits per heavy atom. The number of hydrazine groups is 1. The zero-order valence-corrected chi connectivity index (χ0v) is 11.0. The summed E-state index contributed by atoms with van der Waals surface area (Å²) in [6.07, 6.45) is 0. The maximum absolute atomic E-state index is 5.11. The van der Waals surface area contributed by atoms with Crippen LogP contribution in [-0.4, -0.2) is 11.2 Å². The van der Waals surface area contributed by atoms with Crippen molar-refractivity contribution in [2.45, 2.75) is 33.7 Å². The highest BCUT2D eigenvalue weighted by Crippen LogP contribution is 2.12. The number of nitrogens with one attached hydrogen (secondary N) is 3. The van der Waals surface area contributed by atoms with Crippen molar-refractivity contribution in [2.75, 3.05) is 5.43 Å². The van der Waals surface area contributed by atoms with Gasteiger partial charge in [0.1, 0.15) is 0 Å². The molecule has 0 aliphatic rings. The van der Waals surface area contributed by atoms with Crippen molar-refractivity contribution in [1.29, 1.82) is 0 Å². The summed E-state index contributed by atoms with van der Waals surface area (Å²) in [5, 5.41) is 3.71. The average molecular weight is 237 g/mol. The van der Waals surface area contributed by atoms with Crippen LogP contribution < -0.4 is 16.2 Å². The smallest absolute Gasteiger partial charge is 0.185 e. The molecule has 0 amide bonds. The molecule has 0 aliphatic carbocycles. The van der Waals surface area contributed by atoms with E-state index in [4.69, 9.17) is 12.2 Å². The van der Waals surface area contributed by atoms with Crippen molar-refractivity contribution >= 4 is 23.0 Å². The number of thiocarbonyl (C=S) groups is 1. The fraction of sp³-hybridized carbons (Fsp3) is 0.417. The first-order valence-corrected chi connectivity index (χ1v) is 5.79. The highest BCUT2D eigenvalue weighted by molar-refractivity contribution is 7.80. The SMILES string of the molecule is Cc1cc(C)cc(NNC(=S)NC(C)C)c1. The lowest BCUT2D eigenvalue weighted by molar-refractivity contribution is 0.724. The summed E-state index contributed by atoms with van der Waals surface area (Å²) >= 11 is 5.11. The van der Waals surface area contributed by atoms with E-state index in [9.17, 15) is 0 Å². The Hall–Kier alpha value is -1.29. The summed E-state index contributed by atoms with van der Waals surface area (Å²) in [6, 6.07) is 6.60. The largest absolute Gasteiger partial charge is 0.359 e. The quantitative estimate of drug-likeness (QED) is 0.557. The summed E-state index contributed by atoms with van der Waals surface area (Å²) < 4.78 is 0. The van der Waals surface area contributed by atoms with Crippen LogP contribution in [0.3, 0.4) is 0 Å². The van der Waals surface area contributed by atoms with Crippen LogP contribution in [-0.2, 0) is 0 Å². The van der Waals surface area contributed by atoms with Crippen LogP contribution >= 0.6 is 12.2 Å². The molecule has 0 spiro atoms. The summed E-state index contributed by atoms with van der Waals surface area (Å²) in [5.41, 5.74) is 9.51. The lowest BCUT2D eigenvalue weighted by Gasteiger charge is -2.15. The molecule has 0 atom stereocenters. The van der Waals surface area contributed by atoms with E-state index in [0.717, 1.165) is 5.69 Å². The van der Waals surface area contributed by atoms with E-state index >= 15 is 0 Å². The van der Waals surface area contributed by atoms with Crippen molar-refractivity contribution in [3.05, 3.63) is 29.3 Å². The van der Waals surface area contributed by atoms with Gasteiger partial charge in [0.2, 0.25) is 0 Å². The topological polar surface area (TPSA) is 36.1 Å². The van der Waals surface area contributed by atoms with E-state index in [0.29, 0.717) is 11.2 Å². The molecule has 4 heteroatoms. The van der Waals surface area contributed by atoms with E-state index in [1.165, 1.54) is 11.1 Å². The van der Waals surface area contributed by atoms with Gasteiger partial charge in [-0.3, -0.25) is 10.9 Å². The maximum Gasteiger partial charge on any atom is 0.185 e. The minimum atomic E-state index is 0.334. The number of hydrogen-bond donors (Lipinski definition) is 3. The van der Waals surface area contributed by atoms with Crippen LogP contribution in [0.15, 0.2) is 18.2 Å². The molecule has 1 rings (SSSR count).